The summed E-state index contributed by atoms with van der Waals surface area (Å²) < 4.78 is 1.96. The van der Waals surface area contributed by atoms with Gasteiger partial charge in [-0.2, -0.15) is 0 Å². The van der Waals surface area contributed by atoms with E-state index < -0.39 is 0 Å². The molecule has 1 aliphatic carbocycles. The average molecular weight is 263 g/mol. The van der Waals surface area contributed by atoms with E-state index in [2.05, 4.69) is 23.6 Å². The summed E-state index contributed by atoms with van der Waals surface area (Å²) in [5, 5.41) is 6.43. The normalized spacial score (nSPS) is 16.5. The van der Waals surface area contributed by atoms with Gasteiger partial charge in [-0.3, -0.25) is 4.79 Å². The first-order chi connectivity index (χ1) is 9.28. The third-order valence-electron chi connectivity index (χ3n) is 3.69. The molecule has 2 rings (SSSR count). The molecule has 1 aromatic rings. The van der Waals surface area contributed by atoms with Gasteiger partial charge < -0.3 is 15.2 Å². The Kier molecular flexibility index (Phi) is 5.45. The molecule has 0 unspecified atom stereocenters. The van der Waals surface area contributed by atoms with E-state index in [0.29, 0.717) is 12.6 Å². The maximum atomic E-state index is 12.0. The van der Waals surface area contributed by atoms with Gasteiger partial charge in [0.05, 0.1) is 0 Å². The molecule has 4 heteroatoms. The van der Waals surface area contributed by atoms with Crippen molar-refractivity contribution in [1.29, 1.82) is 0 Å². The van der Waals surface area contributed by atoms with Crippen LogP contribution in [-0.4, -0.2) is 23.1 Å². The maximum absolute atomic E-state index is 12.0. The summed E-state index contributed by atoms with van der Waals surface area (Å²) in [4.78, 5) is 12.0. The molecule has 0 aliphatic heterocycles. The van der Waals surface area contributed by atoms with Crippen LogP contribution >= 0.6 is 0 Å². The quantitative estimate of drug-likeness (QED) is 0.825. The highest BCUT2D eigenvalue weighted by Gasteiger charge is 2.15. The van der Waals surface area contributed by atoms with Crippen LogP contribution in [0.5, 0.6) is 0 Å². The summed E-state index contributed by atoms with van der Waals surface area (Å²) in [6.07, 6.45) is 10.1. The zero-order chi connectivity index (χ0) is 13.5. The van der Waals surface area contributed by atoms with Crippen LogP contribution in [0.25, 0.3) is 0 Å². The van der Waals surface area contributed by atoms with Gasteiger partial charge in [-0.1, -0.05) is 26.2 Å². The Labute approximate surface area is 115 Å². The van der Waals surface area contributed by atoms with Gasteiger partial charge in [0.2, 0.25) is 5.91 Å². The SMILES string of the molecule is CCNCc1ccn(CC(=O)NC2CCCCC2)c1. The van der Waals surface area contributed by atoms with E-state index in [9.17, 15) is 4.79 Å². The van der Waals surface area contributed by atoms with Crippen LogP contribution in [0.2, 0.25) is 0 Å². The Bertz CT molecular complexity index is 394. The largest absolute Gasteiger partial charge is 0.352 e. The molecule has 19 heavy (non-hydrogen) atoms. The van der Waals surface area contributed by atoms with Gasteiger partial charge in [-0.25, -0.2) is 0 Å². The Morgan fingerprint density at radius 2 is 2.16 bits per heavy atom. The second-order valence-electron chi connectivity index (χ2n) is 5.37. The van der Waals surface area contributed by atoms with Crippen LogP contribution < -0.4 is 10.6 Å². The molecule has 0 atom stereocenters. The summed E-state index contributed by atoms with van der Waals surface area (Å²) in [7, 11) is 0. The number of hydrogen-bond donors (Lipinski definition) is 2. The van der Waals surface area contributed by atoms with Crippen LogP contribution in [0.15, 0.2) is 18.5 Å². The van der Waals surface area contributed by atoms with E-state index >= 15 is 0 Å². The standard InChI is InChI=1S/C15H25N3O/c1-2-16-10-13-8-9-18(11-13)12-15(19)17-14-6-4-3-5-7-14/h8-9,11,14,16H,2-7,10,12H2,1H3,(H,17,19). The van der Waals surface area contributed by atoms with Gasteiger partial charge in [0.15, 0.2) is 0 Å². The number of aromatic nitrogens is 1. The van der Waals surface area contributed by atoms with Crippen molar-refractivity contribution in [3.63, 3.8) is 0 Å². The van der Waals surface area contributed by atoms with E-state index in [0.717, 1.165) is 25.9 Å². The molecule has 2 N–H and O–H groups in total. The first-order valence-electron chi connectivity index (χ1n) is 7.42. The smallest absolute Gasteiger partial charge is 0.240 e. The summed E-state index contributed by atoms with van der Waals surface area (Å²) in [5.74, 6) is 0.137. The van der Waals surface area contributed by atoms with Crippen molar-refractivity contribution < 1.29 is 4.79 Å². The second-order valence-corrected chi connectivity index (χ2v) is 5.37. The van der Waals surface area contributed by atoms with Crippen molar-refractivity contribution in [2.45, 2.75) is 58.2 Å². The van der Waals surface area contributed by atoms with Crippen LogP contribution in [0.1, 0.15) is 44.6 Å². The minimum Gasteiger partial charge on any atom is -0.352 e. The lowest BCUT2D eigenvalue weighted by Gasteiger charge is -2.22. The minimum absolute atomic E-state index is 0.137. The number of nitrogens with one attached hydrogen (secondary N) is 2. The van der Waals surface area contributed by atoms with Gasteiger partial charge in [0.1, 0.15) is 6.54 Å². The first kappa shape index (κ1) is 14.1. The lowest BCUT2D eigenvalue weighted by molar-refractivity contribution is -0.122. The highest BCUT2D eigenvalue weighted by atomic mass is 16.2. The number of carbonyl (C=O) groups is 1. The van der Waals surface area contributed by atoms with Gasteiger partial charge in [0.25, 0.3) is 0 Å². The fraction of sp³-hybridized carbons (Fsp3) is 0.667. The number of carbonyl (C=O) groups excluding carboxylic acids is 1. The molecule has 106 valence electrons. The van der Waals surface area contributed by atoms with Crippen LogP contribution in [0, 0.1) is 0 Å². The molecule has 0 saturated heterocycles. The lowest BCUT2D eigenvalue weighted by Crippen LogP contribution is -2.38. The molecule has 1 saturated carbocycles. The van der Waals surface area contributed by atoms with Crippen LogP contribution in [0.3, 0.4) is 0 Å². The van der Waals surface area contributed by atoms with Crippen molar-refractivity contribution >= 4 is 5.91 Å². The molecular weight excluding hydrogens is 238 g/mol. The second kappa shape index (κ2) is 7.34. The molecule has 0 radical (unpaired) electrons. The first-order valence-corrected chi connectivity index (χ1v) is 7.42. The van der Waals surface area contributed by atoms with Crippen molar-refractivity contribution in [2.24, 2.45) is 0 Å². The van der Waals surface area contributed by atoms with Crippen LogP contribution in [0.4, 0.5) is 0 Å². The monoisotopic (exact) mass is 263 g/mol. The topological polar surface area (TPSA) is 46.1 Å². The predicted molar refractivity (Wildman–Crippen MR) is 76.8 cm³/mol. The summed E-state index contributed by atoms with van der Waals surface area (Å²) in [6.45, 7) is 4.36. The fourth-order valence-corrected chi connectivity index (χ4v) is 2.65. The molecular formula is C15H25N3O. The van der Waals surface area contributed by atoms with Crippen molar-refractivity contribution in [1.82, 2.24) is 15.2 Å². The molecule has 0 spiro atoms. The average Bonchev–Trinajstić information content (AvgIpc) is 2.85. The Morgan fingerprint density at radius 1 is 1.37 bits per heavy atom. The summed E-state index contributed by atoms with van der Waals surface area (Å²) in [5.41, 5.74) is 1.23. The molecule has 1 fully saturated rings. The minimum atomic E-state index is 0.137. The lowest BCUT2D eigenvalue weighted by atomic mass is 9.95. The summed E-state index contributed by atoms with van der Waals surface area (Å²) >= 11 is 0. The number of hydrogen-bond acceptors (Lipinski definition) is 2. The van der Waals surface area contributed by atoms with Crippen molar-refractivity contribution in [2.75, 3.05) is 6.54 Å². The number of amides is 1. The highest BCUT2D eigenvalue weighted by molar-refractivity contribution is 5.76. The predicted octanol–water partition coefficient (Wildman–Crippen LogP) is 2.05. The van der Waals surface area contributed by atoms with E-state index in [1.807, 2.05) is 17.0 Å². The van der Waals surface area contributed by atoms with Crippen molar-refractivity contribution in [3.8, 4) is 0 Å². The molecule has 1 aromatic heterocycles. The molecule has 1 heterocycles. The Morgan fingerprint density at radius 3 is 2.89 bits per heavy atom. The number of rotatable bonds is 6. The fourth-order valence-electron chi connectivity index (χ4n) is 2.65. The van der Waals surface area contributed by atoms with Crippen LogP contribution in [-0.2, 0) is 17.9 Å². The van der Waals surface area contributed by atoms with E-state index in [-0.39, 0.29) is 5.91 Å². The molecule has 1 amide bonds. The van der Waals surface area contributed by atoms with E-state index in [1.54, 1.807) is 0 Å². The number of nitrogens with zero attached hydrogens (tertiary/aromatic N) is 1. The third kappa shape index (κ3) is 4.71. The van der Waals surface area contributed by atoms with Gasteiger partial charge >= 0.3 is 0 Å². The van der Waals surface area contributed by atoms with E-state index in [1.165, 1.54) is 24.8 Å². The Hall–Kier alpha value is -1.29. The molecule has 0 bridgehead atoms. The third-order valence-corrected chi connectivity index (χ3v) is 3.69. The maximum Gasteiger partial charge on any atom is 0.240 e. The van der Waals surface area contributed by atoms with E-state index in [4.69, 9.17) is 0 Å². The summed E-state index contributed by atoms with van der Waals surface area (Å²) in [6, 6.07) is 2.47. The molecule has 0 aromatic carbocycles. The Balaban J connectivity index is 1.76. The molecule has 4 nitrogen and oxygen atoms in total. The van der Waals surface area contributed by atoms with Crippen molar-refractivity contribution in [3.05, 3.63) is 24.0 Å². The zero-order valence-corrected chi connectivity index (χ0v) is 11.8. The zero-order valence-electron chi connectivity index (χ0n) is 11.8. The van der Waals surface area contributed by atoms with Gasteiger partial charge in [-0.15, -0.1) is 0 Å². The van der Waals surface area contributed by atoms with Gasteiger partial charge in [-0.05, 0) is 31.0 Å². The highest BCUT2D eigenvalue weighted by Crippen LogP contribution is 2.17. The molecule has 1 aliphatic rings. The van der Waals surface area contributed by atoms with Gasteiger partial charge in [0, 0.05) is 25.0 Å².